The molecule has 1 aromatic carbocycles. The van der Waals surface area contributed by atoms with E-state index < -0.39 is 30.3 Å². The van der Waals surface area contributed by atoms with E-state index in [1.807, 2.05) is 0 Å². The summed E-state index contributed by atoms with van der Waals surface area (Å²) < 4.78 is 0. The number of hydrogen-bond acceptors (Lipinski definition) is 6. The van der Waals surface area contributed by atoms with Crippen LogP contribution in [0.2, 0.25) is 0 Å². The average Bonchev–Trinajstić information content (AvgIpc) is 2.74. The summed E-state index contributed by atoms with van der Waals surface area (Å²) in [6, 6.07) is 5.75. The van der Waals surface area contributed by atoms with Gasteiger partial charge in [0.25, 0.3) is 11.8 Å². The molecule has 1 aromatic rings. The minimum atomic E-state index is -1.48. The first-order valence-electron chi connectivity index (χ1n) is 6.59. The van der Waals surface area contributed by atoms with E-state index in [-0.39, 0.29) is 16.5 Å². The number of hydroxylamine groups is 2. The van der Waals surface area contributed by atoms with Crippen molar-refractivity contribution >= 4 is 29.4 Å². The van der Waals surface area contributed by atoms with E-state index in [0.29, 0.717) is 12.1 Å². The van der Waals surface area contributed by atoms with Gasteiger partial charge in [-0.15, -0.1) is 0 Å². The Balaban J connectivity index is 2.03. The molecule has 0 radical (unpaired) electrons. The number of anilines is 1. The smallest absolute Gasteiger partial charge is 0.363 e. The highest BCUT2D eigenvalue weighted by Crippen LogP contribution is 2.16. The van der Waals surface area contributed by atoms with Gasteiger partial charge in [-0.1, -0.05) is 12.0 Å². The molecule has 1 unspecified atom stereocenters. The van der Waals surface area contributed by atoms with Crippen LogP contribution < -0.4 is 5.32 Å². The van der Waals surface area contributed by atoms with Crippen LogP contribution in [0.4, 0.5) is 5.69 Å². The third-order valence-corrected chi connectivity index (χ3v) is 2.98. The summed E-state index contributed by atoms with van der Waals surface area (Å²) in [5.41, 5.74) is 0.601. The number of carbonyl (C=O) groups excluding carboxylic acids is 4. The van der Waals surface area contributed by atoms with Crippen LogP contribution in [0.1, 0.15) is 30.1 Å². The second-order valence-electron chi connectivity index (χ2n) is 4.60. The summed E-state index contributed by atoms with van der Waals surface area (Å²) in [6.07, 6.45) is -1.56. The van der Waals surface area contributed by atoms with Crippen LogP contribution in [0.3, 0.4) is 0 Å². The number of imide groups is 1. The molecule has 1 fully saturated rings. The maximum absolute atomic E-state index is 11.9. The summed E-state index contributed by atoms with van der Waals surface area (Å²) in [5, 5.41) is 12.1. The lowest BCUT2D eigenvalue weighted by Gasteiger charge is -2.13. The Labute approximate surface area is 125 Å². The van der Waals surface area contributed by atoms with Gasteiger partial charge >= 0.3 is 5.97 Å². The second-order valence-corrected chi connectivity index (χ2v) is 4.60. The first-order valence-corrected chi connectivity index (χ1v) is 6.59. The van der Waals surface area contributed by atoms with Crippen LogP contribution in [0.25, 0.3) is 0 Å². The predicted octanol–water partition coefficient (Wildman–Crippen LogP) is 0.227. The van der Waals surface area contributed by atoms with Crippen molar-refractivity contribution in [1.29, 1.82) is 0 Å². The van der Waals surface area contributed by atoms with Gasteiger partial charge in [0.05, 0.1) is 12.0 Å². The fourth-order valence-corrected chi connectivity index (χ4v) is 1.76. The Bertz CT molecular complexity index is 625. The molecule has 0 aliphatic carbocycles. The minimum Gasteiger partial charge on any atom is -0.383 e. The highest BCUT2D eigenvalue weighted by Gasteiger charge is 2.40. The van der Waals surface area contributed by atoms with E-state index >= 15 is 0 Å². The fraction of sp³-hybridized carbons (Fsp3) is 0.286. The van der Waals surface area contributed by atoms with Gasteiger partial charge < -0.3 is 15.3 Å². The Morgan fingerprint density at radius 2 is 1.95 bits per heavy atom. The van der Waals surface area contributed by atoms with Crippen molar-refractivity contribution < 1.29 is 29.1 Å². The zero-order valence-electron chi connectivity index (χ0n) is 11.7. The van der Waals surface area contributed by atoms with Crippen LogP contribution in [0.15, 0.2) is 24.3 Å². The first-order chi connectivity index (χ1) is 10.4. The van der Waals surface area contributed by atoms with Crippen LogP contribution in [-0.2, 0) is 19.2 Å². The van der Waals surface area contributed by atoms with E-state index in [4.69, 9.17) is 0 Å². The molecule has 0 saturated carbocycles. The lowest BCUT2D eigenvalue weighted by atomic mass is 10.2. The molecule has 8 heteroatoms. The summed E-state index contributed by atoms with van der Waals surface area (Å²) in [7, 11) is 0. The number of nitrogens with one attached hydrogen (secondary N) is 1. The standard InChI is InChI=1S/C14H14N2O6/c1-2-11(18)15-9-5-3-8(4-6-9)14(21)22-16-12(19)7-10(17)13(16)20/h3-6,10,17H,2,7H2,1H3,(H,15,18). The van der Waals surface area contributed by atoms with Crippen LogP contribution in [-0.4, -0.2) is 40.0 Å². The van der Waals surface area contributed by atoms with Gasteiger partial charge in [0, 0.05) is 12.1 Å². The monoisotopic (exact) mass is 306 g/mol. The fourth-order valence-electron chi connectivity index (χ4n) is 1.76. The molecule has 1 aliphatic rings. The molecule has 1 saturated heterocycles. The third kappa shape index (κ3) is 3.29. The lowest BCUT2D eigenvalue weighted by Crippen LogP contribution is -2.34. The average molecular weight is 306 g/mol. The molecule has 2 rings (SSSR count). The van der Waals surface area contributed by atoms with Crippen molar-refractivity contribution in [2.75, 3.05) is 5.32 Å². The number of aliphatic hydroxyl groups is 1. The molecule has 1 atom stereocenters. The van der Waals surface area contributed by atoms with E-state index in [2.05, 4.69) is 10.2 Å². The quantitative estimate of drug-likeness (QED) is 0.770. The van der Waals surface area contributed by atoms with Crippen molar-refractivity contribution in [3.63, 3.8) is 0 Å². The van der Waals surface area contributed by atoms with Gasteiger partial charge in [-0.2, -0.15) is 0 Å². The molecule has 8 nitrogen and oxygen atoms in total. The van der Waals surface area contributed by atoms with Gasteiger partial charge in [-0.05, 0) is 24.3 Å². The summed E-state index contributed by atoms with van der Waals surface area (Å²) in [4.78, 5) is 50.6. The molecular formula is C14H14N2O6. The van der Waals surface area contributed by atoms with Crippen molar-refractivity contribution in [3.05, 3.63) is 29.8 Å². The van der Waals surface area contributed by atoms with Gasteiger partial charge in [-0.3, -0.25) is 14.4 Å². The highest BCUT2D eigenvalue weighted by atomic mass is 16.7. The van der Waals surface area contributed by atoms with E-state index in [1.54, 1.807) is 6.92 Å². The summed E-state index contributed by atoms with van der Waals surface area (Å²) >= 11 is 0. The van der Waals surface area contributed by atoms with Crippen LogP contribution >= 0.6 is 0 Å². The third-order valence-electron chi connectivity index (χ3n) is 2.98. The maximum atomic E-state index is 11.9. The Morgan fingerprint density at radius 1 is 1.32 bits per heavy atom. The van der Waals surface area contributed by atoms with Gasteiger partial charge in [0.15, 0.2) is 0 Å². The predicted molar refractivity (Wildman–Crippen MR) is 73.3 cm³/mol. The van der Waals surface area contributed by atoms with E-state index in [1.165, 1.54) is 24.3 Å². The number of amides is 3. The molecule has 0 spiro atoms. The molecule has 0 aromatic heterocycles. The Kier molecular flexibility index (Phi) is 4.52. The zero-order valence-corrected chi connectivity index (χ0v) is 11.7. The molecule has 22 heavy (non-hydrogen) atoms. The molecule has 1 heterocycles. The van der Waals surface area contributed by atoms with Gasteiger partial charge in [0.2, 0.25) is 5.91 Å². The van der Waals surface area contributed by atoms with Gasteiger partial charge in [-0.25, -0.2) is 4.79 Å². The van der Waals surface area contributed by atoms with Crippen molar-refractivity contribution in [3.8, 4) is 0 Å². The second kappa shape index (κ2) is 6.35. The van der Waals surface area contributed by atoms with Crippen molar-refractivity contribution in [2.24, 2.45) is 0 Å². The van der Waals surface area contributed by atoms with E-state index in [0.717, 1.165) is 0 Å². The normalized spacial score (nSPS) is 17.5. The maximum Gasteiger partial charge on any atom is 0.363 e. The largest absolute Gasteiger partial charge is 0.383 e. The minimum absolute atomic E-state index is 0.0940. The SMILES string of the molecule is CCC(=O)Nc1ccc(C(=O)ON2C(=O)CC(O)C2=O)cc1. The molecule has 3 amide bonds. The van der Waals surface area contributed by atoms with E-state index in [9.17, 15) is 24.3 Å². The number of carbonyl (C=O) groups is 4. The lowest BCUT2D eigenvalue weighted by molar-refractivity contribution is -0.175. The molecule has 116 valence electrons. The number of hydrogen-bond donors (Lipinski definition) is 2. The zero-order chi connectivity index (χ0) is 16.3. The summed E-state index contributed by atoms with van der Waals surface area (Å²) in [5.74, 6) is -2.83. The first kappa shape index (κ1) is 15.6. The highest BCUT2D eigenvalue weighted by molar-refractivity contribution is 6.05. The van der Waals surface area contributed by atoms with Crippen LogP contribution in [0, 0.1) is 0 Å². The Morgan fingerprint density at radius 3 is 2.45 bits per heavy atom. The van der Waals surface area contributed by atoms with Crippen molar-refractivity contribution in [1.82, 2.24) is 5.06 Å². The molecule has 2 N–H and O–H groups in total. The number of nitrogens with zero attached hydrogens (tertiary/aromatic N) is 1. The number of aliphatic hydroxyl groups excluding tert-OH is 1. The topological polar surface area (TPSA) is 113 Å². The van der Waals surface area contributed by atoms with Gasteiger partial charge in [0.1, 0.15) is 6.10 Å². The van der Waals surface area contributed by atoms with Crippen molar-refractivity contribution in [2.45, 2.75) is 25.9 Å². The number of rotatable bonds is 4. The molecule has 0 bridgehead atoms. The molecule has 1 aliphatic heterocycles. The van der Waals surface area contributed by atoms with Crippen LogP contribution in [0.5, 0.6) is 0 Å². The molecular weight excluding hydrogens is 292 g/mol. The number of benzene rings is 1. The summed E-state index contributed by atoms with van der Waals surface area (Å²) in [6.45, 7) is 1.71. The Hall–Kier alpha value is -2.74.